The number of carbonyl (C=O) groups excluding carboxylic acids is 1. The molecular weight excluding hydrogens is 226 g/mol. The van der Waals surface area contributed by atoms with E-state index in [1.165, 1.54) is 4.68 Å². The second-order valence-corrected chi connectivity index (χ2v) is 2.82. The minimum atomic E-state index is -0.420. The van der Waals surface area contributed by atoms with Gasteiger partial charge in [0, 0.05) is 7.05 Å². The maximum Gasteiger partial charge on any atom is 0.359 e. The Morgan fingerprint density at radius 3 is 2.83 bits per heavy atom. The Labute approximate surface area is 77.8 Å². The molecule has 0 bridgehead atoms. The third kappa shape index (κ3) is 1.63. The van der Waals surface area contributed by atoms with E-state index in [-0.39, 0.29) is 0 Å². The van der Waals surface area contributed by atoms with E-state index in [4.69, 9.17) is 4.74 Å². The monoisotopic (exact) mass is 233 g/mol. The lowest BCUT2D eigenvalue weighted by atomic mass is 10.5. The predicted octanol–water partition coefficient (Wildman–Crippen LogP) is 0.754. The SMILES string of the molecule is CCOC(=O)c1c(Br)nnn1C. The molecule has 0 N–H and O–H groups in total. The molecule has 1 aromatic heterocycles. The Bertz CT molecular complexity index is 277. The fraction of sp³-hybridized carbons (Fsp3) is 0.500. The highest BCUT2D eigenvalue weighted by Gasteiger charge is 2.17. The highest BCUT2D eigenvalue weighted by molar-refractivity contribution is 9.10. The van der Waals surface area contributed by atoms with Crippen molar-refractivity contribution in [2.75, 3.05) is 6.61 Å². The maximum absolute atomic E-state index is 11.2. The minimum absolute atomic E-state index is 0.330. The summed E-state index contributed by atoms with van der Waals surface area (Å²) in [5, 5.41) is 7.29. The summed E-state index contributed by atoms with van der Waals surface area (Å²) in [7, 11) is 1.63. The van der Waals surface area contributed by atoms with E-state index in [1.54, 1.807) is 14.0 Å². The van der Waals surface area contributed by atoms with E-state index < -0.39 is 5.97 Å². The summed E-state index contributed by atoms with van der Waals surface area (Å²) in [6.07, 6.45) is 0. The zero-order valence-electron chi connectivity index (χ0n) is 6.74. The van der Waals surface area contributed by atoms with Gasteiger partial charge >= 0.3 is 5.97 Å². The van der Waals surface area contributed by atoms with Crippen LogP contribution in [0.1, 0.15) is 17.4 Å². The summed E-state index contributed by atoms with van der Waals surface area (Å²) in [5.41, 5.74) is 0.330. The molecule has 0 fully saturated rings. The largest absolute Gasteiger partial charge is 0.461 e. The Hall–Kier alpha value is -0.910. The molecule has 12 heavy (non-hydrogen) atoms. The van der Waals surface area contributed by atoms with E-state index in [0.717, 1.165) is 0 Å². The van der Waals surface area contributed by atoms with Crippen molar-refractivity contribution in [1.82, 2.24) is 15.0 Å². The molecule has 0 spiro atoms. The van der Waals surface area contributed by atoms with Gasteiger partial charge in [0.15, 0.2) is 10.3 Å². The Balaban J connectivity index is 2.93. The molecule has 0 aliphatic carbocycles. The van der Waals surface area contributed by atoms with Gasteiger partial charge in [0.25, 0.3) is 0 Å². The number of carbonyl (C=O) groups is 1. The second-order valence-electron chi connectivity index (χ2n) is 2.07. The normalized spacial score (nSPS) is 9.92. The standard InChI is InChI=1S/C6H8BrN3O2/c1-3-12-6(11)4-5(7)8-9-10(4)2/h3H2,1-2H3. The number of aryl methyl sites for hydroxylation is 1. The lowest BCUT2D eigenvalue weighted by Gasteiger charge is -2.00. The van der Waals surface area contributed by atoms with E-state index in [1.807, 2.05) is 0 Å². The highest BCUT2D eigenvalue weighted by Crippen LogP contribution is 2.12. The van der Waals surface area contributed by atoms with Crippen LogP contribution in [0.5, 0.6) is 0 Å². The summed E-state index contributed by atoms with van der Waals surface area (Å²) < 4.78 is 6.55. The lowest BCUT2D eigenvalue weighted by molar-refractivity contribution is 0.0512. The number of aromatic nitrogens is 3. The molecule has 0 radical (unpaired) electrons. The van der Waals surface area contributed by atoms with Crippen LogP contribution in [-0.4, -0.2) is 27.6 Å². The first kappa shape index (κ1) is 9.18. The molecule has 0 amide bonds. The number of nitrogens with zero attached hydrogens (tertiary/aromatic N) is 3. The minimum Gasteiger partial charge on any atom is -0.461 e. The molecule has 0 saturated heterocycles. The molecule has 1 rings (SSSR count). The Morgan fingerprint density at radius 2 is 2.42 bits per heavy atom. The van der Waals surface area contributed by atoms with Crippen molar-refractivity contribution >= 4 is 21.9 Å². The topological polar surface area (TPSA) is 57.0 Å². The number of hydrogen-bond donors (Lipinski definition) is 0. The van der Waals surface area contributed by atoms with Crippen molar-refractivity contribution in [3.8, 4) is 0 Å². The van der Waals surface area contributed by atoms with Gasteiger partial charge in [-0.3, -0.25) is 0 Å². The summed E-state index contributed by atoms with van der Waals surface area (Å²) in [4.78, 5) is 11.2. The van der Waals surface area contributed by atoms with Crippen LogP contribution in [0, 0.1) is 0 Å². The highest BCUT2D eigenvalue weighted by atomic mass is 79.9. The molecule has 1 aromatic rings. The molecule has 66 valence electrons. The van der Waals surface area contributed by atoms with E-state index in [9.17, 15) is 4.79 Å². The first-order valence-electron chi connectivity index (χ1n) is 3.39. The quantitative estimate of drug-likeness (QED) is 0.708. The van der Waals surface area contributed by atoms with E-state index in [2.05, 4.69) is 26.2 Å². The van der Waals surface area contributed by atoms with Crippen molar-refractivity contribution < 1.29 is 9.53 Å². The van der Waals surface area contributed by atoms with Gasteiger partial charge in [-0.15, -0.1) is 5.10 Å². The molecule has 5 nitrogen and oxygen atoms in total. The first-order valence-corrected chi connectivity index (χ1v) is 4.18. The molecule has 6 heteroatoms. The first-order chi connectivity index (χ1) is 5.66. The zero-order chi connectivity index (χ0) is 9.14. The van der Waals surface area contributed by atoms with Crippen LogP contribution < -0.4 is 0 Å². The third-order valence-electron chi connectivity index (χ3n) is 1.25. The van der Waals surface area contributed by atoms with Crippen LogP contribution in [0.25, 0.3) is 0 Å². The number of rotatable bonds is 2. The lowest BCUT2D eigenvalue weighted by Crippen LogP contribution is -2.10. The van der Waals surface area contributed by atoms with Crippen molar-refractivity contribution in [2.45, 2.75) is 6.92 Å². The van der Waals surface area contributed by atoms with Crippen LogP contribution in [0.4, 0.5) is 0 Å². The summed E-state index contributed by atoms with van der Waals surface area (Å²) in [5.74, 6) is -0.420. The molecule has 1 heterocycles. The van der Waals surface area contributed by atoms with E-state index >= 15 is 0 Å². The van der Waals surface area contributed by atoms with Gasteiger partial charge < -0.3 is 4.74 Å². The van der Waals surface area contributed by atoms with Crippen molar-refractivity contribution in [2.24, 2.45) is 7.05 Å². The summed E-state index contributed by atoms with van der Waals surface area (Å²) >= 11 is 3.09. The number of hydrogen-bond acceptors (Lipinski definition) is 4. The van der Waals surface area contributed by atoms with Gasteiger partial charge in [0.1, 0.15) is 0 Å². The molecule has 0 aliphatic rings. The van der Waals surface area contributed by atoms with Crippen LogP contribution in [0.2, 0.25) is 0 Å². The van der Waals surface area contributed by atoms with Crippen LogP contribution in [0.3, 0.4) is 0 Å². The number of halogens is 1. The smallest absolute Gasteiger partial charge is 0.359 e. The second kappa shape index (κ2) is 3.66. The molecule has 0 atom stereocenters. The summed E-state index contributed by atoms with van der Waals surface area (Å²) in [6, 6.07) is 0. The van der Waals surface area contributed by atoms with E-state index in [0.29, 0.717) is 16.9 Å². The fourth-order valence-electron chi connectivity index (χ4n) is 0.748. The zero-order valence-corrected chi connectivity index (χ0v) is 8.33. The van der Waals surface area contributed by atoms with Gasteiger partial charge in [0.2, 0.25) is 0 Å². The number of esters is 1. The Morgan fingerprint density at radius 1 is 1.75 bits per heavy atom. The van der Waals surface area contributed by atoms with Crippen LogP contribution >= 0.6 is 15.9 Å². The van der Waals surface area contributed by atoms with Gasteiger partial charge in [-0.25, -0.2) is 9.48 Å². The van der Waals surface area contributed by atoms with Gasteiger partial charge in [0.05, 0.1) is 6.61 Å². The van der Waals surface area contributed by atoms with Crippen LogP contribution in [-0.2, 0) is 11.8 Å². The van der Waals surface area contributed by atoms with Crippen molar-refractivity contribution in [3.63, 3.8) is 0 Å². The third-order valence-corrected chi connectivity index (χ3v) is 1.79. The molecular formula is C6H8BrN3O2. The van der Waals surface area contributed by atoms with Crippen LogP contribution in [0.15, 0.2) is 4.60 Å². The molecule has 0 aliphatic heterocycles. The predicted molar refractivity (Wildman–Crippen MR) is 44.7 cm³/mol. The van der Waals surface area contributed by atoms with Gasteiger partial charge in [-0.2, -0.15) is 0 Å². The molecule has 0 unspecified atom stereocenters. The van der Waals surface area contributed by atoms with Crippen molar-refractivity contribution in [3.05, 3.63) is 10.3 Å². The van der Waals surface area contributed by atoms with Gasteiger partial charge in [-0.1, -0.05) is 5.21 Å². The Kier molecular flexibility index (Phi) is 2.80. The molecule has 0 saturated carbocycles. The number of ether oxygens (including phenoxy) is 1. The van der Waals surface area contributed by atoms with Crippen molar-refractivity contribution in [1.29, 1.82) is 0 Å². The fourth-order valence-corrected chi connectivity index (χ4v) is 1.24. The maximum atomic E-state index is 11.2. The average Bonchev–Trinajstić information content (AvgIpc) is 2.32. The van der Waals surface area contributed by atoms with Gasteiger partial charge in [-0.05, 0) is 22.9 Å². The average molecular weight is 234 g/mol. The molecule has 0 aromatic carbocycles. The summed E-state index contributed by atoms with van der Waals surface area (Å²) in [6.45, 7) is 2.09.